The number of aliphatic carboxylic acids is 1. The molecule has 0 aromatic heterocycles. The molecule has 0 saturated heterocycles. The van der Waals surface area contributed by atoms with E-state index in [9.17, 15) is 9.90 Å². The molecule has 0 aliphatic heterocycles. The van der Waals surface area contributed by atoms with Crippen LogP contribution in [0.2, 0.25) is 0 Å². The van der Waals surface area contributed by atoms with Crippen molar-refractivity contribution in [3.8, 4) is 11.5 Å². The summed E-state index contributed by atoms with van der Waals surface area (Å²) in [5.41, 5.74) is 0.857. The number of nitrogens with one attached hydrogen (secondary N) is 1. The van der Waals surface area contributed by atoms with Gasteiger partial charge in [0.25, 0.3) is 0 Å². The Morgan fingerprint density at radius 1 is 1.56 bits per heavy atom. The van der Waals surface area contributed by atoms with Crippen molar-refractivity contribution >= 4 is 5.97 Å². The Morgan fingerprint density at radius 3 is 2.81 bits per heavy atom. The predicted molar refractivity (Wildman–Crippen MR) is 58.7 cm³/mol. The second-order valence-electron chi connectivity index (χ2n) is 3.43. The molecule has 1 atom stereocenters. The van der Waals surface area contributed by atoms with Gasteiger partial charge in [0.2, 0.25) is 0 Å². The quantitative estimate of drug-likeness (QED) is 0.700. The maximum absolute atomic E-state index is 10.4. The first-order valence-corrected chi connectivity index (χ1v) is 4.86. The minimum atomic E-state index is -0.905. The summed E-state index contributed by atoms with van der Waals surface area (Å²) >= 11 is 0. The number of phenolic OH excluding ortho intramolecular Hbond substituents is 1. The highest BCUT2D eigenvalue weighted by molar-refractivity contribution is 5.69. The molecular weight excluding hydrogens is 210 g/mol. The van der Waals surface area contributed by atoms with Gasteiger partial charge in [-0.25, -0.2) is 0 Å². The van der Waals surface area contributed by atoms with E-state index in [1.807, 2.05) is 6.92 Å². The van der Waals surface area contributed by atoms with E-state index in [0.29, 0.717) is 5.75 Å². The van der Waals surface area contributed by atoms with Crippen LogP contribution >= 0.6 is 0 Å². The molecule has 0 radical (unpaired) electrons. The third kappa shape index (κ3) is 3.13. The van der Waals surface area contributed by atoms with Crippen LogP contribution < -0.4 is 10.1 Å². The molecule has 0 fully saturated rings. The Kier molecular flexibility index (Phi) is 4.13. The Morgan fingerprint density at radius 2 is 2.25 bits per heavy atom. The first-order chi connectivity index (χ1) is 7.54. The molecule has 0 saturated carbocycles. The van der Waals surface area contributed by atoms with E-state index in [1.165, 1.54) is 13.2 Å². The van der Waals surface area contributed by atoms with Crippen LogP contribution in [0, 0.1) is 0 Å². The number of hydrogen-bond donors (Lipinski definition) is 3. The molecule has 88 valence electrons. The lowest BCUT2D eigenvalue weighted by Crippen LogP contribution is -2.25. The number of aromatic hydroxyl groups is 1. The van der Waals surface area contributed by atoms with Crippen molar-refractivity contribution in [2.45, 2.75) is 13.0 Å². The van der Waals surface area contributed by atoms with Crippen LogP contribution in [0.3, 0.4) is 0 Å². The standard InChI is InChI=1S/C11H15NO4/c1-7(12-6-11(14)15)8-3-4-9(13)10(5-8)16-2/h3-5,7,12-13H,6H2,1-2H3,(H,14,15). The van der Waals surface area contributed by atoms with Crippen LogP contribution in [0.1, 0.15) is 18.5 Å². The van der Waals surface area contributed by atoms with Crippen molar-refractivity contribution in [3.63, 3.8) is 0 Å². The molecule has 0 heterocycles. The molecule has 0 aliphatic carbocycles. The van der Waals surface area contributed by atoms with Gasteiger partial charge in [0.1, 0.15) is 0 Å². The van der Waals surface area contributed by atoms with Gasteiger partial charge in [-0.1, -0.05) is 6.07 Å². The maximum Gasteiger partial charge on any atom is 0.317 e. The Labute approximate surface area is 93.7 Å². The number of benzene rings is 1. The highest BCUT2D eigenvalue weighted by atomic mass is 16.5. The fourth-order valence-electron chi connectivity index (χ4n) is 1.32. The summed E-state index contributed by atoms with van der Waals surface area (Å²) in [6.45, 7) is 1.74. The number of phenols is 1. The van der Waals surface area contributed by atoms with Gasteiger partial charge < -0.3 is 20.3 Å². The normalized spacial score (nSPS) is 12.1. The number of methoxy groups -OCH3 is 1. The van der Waals surface area contributed by atoms with E-state index in [4.69, 9.17) is 9.84 Å². The number of rotatable bonds is 5. The zero-order valence-corrected chi connectivity index (χ0v) is 9.23. The van der Waals surface area contributed by atoms with Crippen molar-refractivity contribution in [1.29, 1.82) is 0 Å². The second kappa shape index (κ2) is 5.37. The number of carbonyl (C=O) groups is 1. The minimum absolute atomic E-state index is 0.0664. The van der Waals surface area contributed by atoms with Gasteiger partial charge >= 0.3 is 5.97 Å². The number of ether oxygens (including phenoxy) is 1. The van der Waals surface area contributed by atoms with E-state index in [1.54, 1.807) is 12.1 Å². The van der Waals surface area contributed by atoms with Crippen molar-refractivity contribution in [1.82, 2.24) is 5.32 Å². The minimum Gasteiger partial charge on any atom is -0.504 e. The zero-order chi connectivity index (χ0) is 12.1. The van der Waals surface area contributed by atoms with Crippen LogP contribution in [0.25, 0.3) is 0 Å². The lowest BCUT2D eigenvalue weighted by Gasteiger charge is -2.14. The molecule has 16 heavy (non-hydrogen) atoms. The summed E-state index contributed by atoms with van der Waals surface area (Å²) in [4.78, 5) is 10.4. The third-order valence-electron chi connectivity index (χ3n) is 2.26. The fourth-order valence-corrected chi connectivity index (χ4v) is 1.32. The zero-order valence-electron chi connectivity index (χ0n) is 9.23. The molecular formula is C11H15NO4. The van der Waals surface area contributed by atoms with Crippen LogP contribution in [-0.2, 0) is 4.79 Å². The van der Waals surface area contributed by atoms with Gasteiger partial charge in [0.15, 0.2) is 11.5 Å². The smallest absolute Gasteiger partial charge is 0.317 e. The first-order valence-electron chi connectivity index (χ1n) is 4.86. The van der Waals surface area contributed by atoms with Crippen molar-refractivity contribution in [3.05, 3.63) is 23.8 Å². The highest BCUT2D eigenvalue weighted by Gasteiger charge is 2.09. The lowest BCUT2D eigenvalue weighted by atomic mass is 10.1. The molecule has 1 rings (SSSR count). The molecule has 0 aliphatic rings. The van der Waals surface area contributed by atoms with Gasteiger partial charge in [0, 0.05) is 6.04 Å². The summed E-state index contributed by atoms with van der Waals surface area (Å²) in [5, 5.41) is 20.8. The molecule has 0 bridgehead atoms. The van der Waals surface area contributed by atoms with E-state index in [2.05, 4.69) is 5.32 Å². The third-order valence-corrected chi connectivity index (χ3v) is 2.26. The molecule has 0 spiro atoms. The van der Waals surface area contributed by atoms with Crippen molar-refractivity contribution in [2.75, 3.05) is 13.7 Å². The summed E-state index contributed by atoms with van der Waals surface area (Å²) in [6, 6.07) is 4.80. The average Bonchev–Trinajstić information content (AvgIpc) is 2.26. The second-order valence-corrected chi connectivity index (χ2v) is 3.43. The molecule has 1 unspecified atom stereocenters. The summed E-state index contributed by atoms with van der Waals surface area (Å²) in [6.07, 6.45) is 0. The van der Waals surface area contributed by atoms with Gasteiger partial charge in [-0.15, -0.1) is 0 Å². The Bertz CT molecular complexity index is 378. The van der Waals surface area contributed by atoms with Crippen molar-refractivity contribution < 1.29 is 19.7 Å². The molecule has 3 N–H and O–H groups in total. The van der Waals surface area contributed by atoms with Gasteiger partial charge in [-0.05, 0) is 24.6 Å². The summed E-state index contributed by atoms with van der Waals surface area (Å²) in [5.74, 6) is -0.462. The van der Waals surface area contributed by atoms with E-state index >= 15 is 0 Å². The van der Waals surface area contributed by atoms with E-state index in [0.717, 1.165) is 5.56 Å². The average molecular weight is 225 g/mol. The Hall–Kier alpha value is -1.75. The lowest BCUT2D eigenvalue weighted by molar-refractivity contribution is -0.136. The van der Waals surface area contributed by atoms with E-state index in [-0.39, 0.29) is 18.3 Å². The summed E-state index contributed by atoms with van der Waals surface area (Å²) < 4.78 is 4.97. The van der Waals surface area contributed by atoms with Crippen LogP contribution in [0.4, 0.5) is 0 Å². The molecule has 1 aromatic carbocycles. The highest BCUT2D eigenvalue weighted by Crippen LogP contribution is 2.28. The first kappa shape index (κ1) is 12.3. The molecule has 0 amide bonds. The largest absolute Gasteiger partial charge is 0.504 e. The number of carboxylic acids is 1. The number of carboxylic acid groups (broad SMARTS) is 1. The topological polar surface area (TPSA) is 78.8 Å². The predicted octanol–water partition coefficient (Wildman–Crippen LogP) is 1.14. The van der Waals surface area contributed by atoms with Gasteiger partial charge in [-0.3, -0.25) is 4.79 Å². The van der Waals surface area contributed by atoms with Crippen molar-refractivity contribution in [2.24, 2.45) is 0 Å². The monoisotopic (exact) mass is 225 g/mol. The Balaban J connectivity index is 2.75. The van der Waals surface area contributed by atoms with Crippen LogP contribution in [0.15, 0.2) is 18.2 Å². The SMILES string of the molecule is COc1cc(C(C)NCC(=O)O)ccc1O. The van der Waals surface area contributed by atoms with E-state index < -0.39 is 5.97 Å². The maximum atomic E-state index is 10.4. The fraction of sp³-hybridized carbons (Fsp3) is 0.364. The van der Waals surface area contributed by atoms with Crippen LogP contribution in [-0.4, -0.2) is 29.8 Å². The molecule has 1 aromatic rings. The molecule has 5 heteroatoms. The van der Waals surface area contributed by atoms with Gasteiger partial charge in [-0.2, -0.15) is 0 Å². The van der Waals surface area contributed by atoms with Crippen LogP contribution in [0.5, 0.6) is 11.5 Å². The number of hydrogen-bond acceptors (Lipinski definition) is 4. The van der Waals surface area contributed by atoms with Gasteiger partial charge in [0.05, 0.1) is 13.7 Å². The summed E-state index contributed by atoms with van der Waals surface area (Å²) in [7, 11) is 1.47. The molecule has 5 nitrogen and oxygen atoms in total.